The number of nitrogen functional groups attached to an aromatic ring is 1. The molecule has 1 aliphatic heterocycles. The fourth-order valence-electron chi connectivity index (χ4n) is 3.36. The second kappa shape index (κ2) is 5.57. The van der Waals surface area contributed by atoms with E-state index in [1.54, 1.807) is 13.8 Å². The highest BCUT2D eigenvalue weighted by atomic mass is 32.1. The van der Waals surface area contributed by atoms with Gasteiger partial charge in [0, 0.05) is 28.7 Å². The minimum Gasteiger partial charge on any atom is -0.386 e. The molecule has 25 heavy (non-hydrogen) atoms. The van der Waals surface area contributed by atoms with Gasteiger partial charge in [0.15, 0.2) is 5.13 Å². The molecule has 1 amide bonds. The summed E-state index contributed by atoms with van der Waals surface area (Å²) in [7, 11) is 0. The van der Waals surface area contributed by atoms with Crippen molar-refractivity contribution in [2.45, 2.75) is 32.4 Å². The smallest absolute Gasteiger partial charge is 0.270 e. The number of nitrogens with zero attached hydrogens (tertiary/aromatic N) is 2. The normalized spacial score (nSPS) is 14.8. The van der Waals surface area contributed by atoms with Gasteiger partial charge in [0.25, 0.3) is 5.91 Å². The minimum absolute atomic E-state index is 0.0458. The predicted octanol–water partition coefficient (Wildman–Crippen LogP) is 2.63. The molecule has 4 rings (SSSR count). The van der Waals surface area contributed by atoms with Crippen molar-refractivity contribution in [1.82, 2.24) is 14.9 Å². The maximum Gasteiger partial charge on any atom is 0.270 e. The number of carbonyl (C=O) groups excluding carboxylic acids is 1. The van der Waals surface area contributed by atoms with Gasteiger partial charge in [-0.15, -0.1) is 11.3 Å². The Labute approximate surface area is 149 Å². The number of anilines is 1. The molecule has 3 aromatic rings. The number of aromatic nitrogens is 2. The number of thiazole rings is 1. The standard InChI is InChI=1S/C18H20N4O2S/c1-18(2,24)11-4-3-5-12-10(11)8-14(20-12)16(23)22-7-6-13-15(9-22)25-17(19)21-13/h3-5,8,20,24H,6-7,9H2,1-2H3,(H2,19,21). The largest absolute Gasteiger partial charge is 0.386 e. The number of fused-ring (bicyclic) bond motifs is 2. The molecule has 0 saturated heterocycles. The molecule has 7 heteroatoms. The molecule has 0 radical (unpaired) electrons. The molecule has 6 nitrogen and oxygen atoms in total. The zero-order valence-corrected chi connectivity index (χ0v) is 15.0. The summed E-state index contributed by atoms with van der Waals surface area (Å²) in [5, 5.41) is 11.8. The van der Waals surface area contributed by atoms with Gasteiger partial charge in [-0.05, 0) is 31.5 Å². The molecular formula is C18H20N4O2S. The van der Waals surface area contributed by atoms with E-state index in [9.17, 15) is 9.90 Å². The lowest BCUT2D eigenvalue weighted by atomic mass is 9.95. The Morgan fingerprint density at radius 1 is 1.44 bits per heavy atom. The van der Waals surface area contributed by atoms with E-state index in [-0.39, 0.29) is 5.91 Å². The van der Waals surface area contributed by atoms with Gasteiger partial charge in [-0.2, -0.15) is 0 Å². The molecule has 3 heterocycles. The number of nitrogens with one attached hydrogen (secondary N) is 1. The molecule has 0 atom stereocenters. The second-order valence-electron chi connectivity index (χ2n) is 6.91. The second-order valence-corrected chi connectivity index (χ2v) is 8.02. The van der Waals surface area contributed by atoms with Crippen molar-refractivity contribution in [2.75, 3.05) is 12.3 Å². The number of hydrogen-bond acceptors (Lipinski definition) is 5. The molecule has 130 valence electrons. The van der Waals surface area contributed by atoms with Crippen LogP contribution in [0.15, 0.2) is 24.3 Å². The Morgan fingerprint density at radius 3 is 3.00 bits per heavy atom. The third kappa shape index (κ3) is 2.79. The monoisotopic (exact) mass is 356 g/mol. The van der Waals surface area contributed by atoms with Gasteiger partial charge in [0.1, 0.15) is 5.69 Å². The van der Waals surface area contributed by atoms with E-state index in [2.05, 4.69) is 9.97 Å². The van der Waals surface area contributed by atoms with Crippen molar-refractivity contribution in [1.29, 1.82) is 0 Å². The van der Waals surface area contributed by atoms with Crippen LogP contribution in [-0.4, -0.2) is 32.4 Å². The van der Waals surface area contributed by atoms with E-state index < -0.39 is 5.60 Å². The van der Waals surface area contributed by atoms with Crippen LogP contribution in [0.4, 0.5) is 5.13 Å². The molecule has 0 aliphatic carbocycles. The van der Waals surface area contributed by atoms with Crippen LogP contribution in [-0.2, 0) is 18.6 Å². The van der Waals surface area contributed by atoms with Crippen molar-refractivity contribution >= 4 is 33.3 Å². The first-order valence-corrected chi connectivity index (χ1v) is 9.02. The molecule has 0 unspecified atom stereocenters. The molecule has 0 fully saturated rings. The molecule has 0 saturated carbocycles. The molecule has 4 N–H and O–H groups in total. The first-order valence-electron chi connectivity index (χ1n) is 8.21. The van der Waals surface area contributed by atoms with Crippen LogP contribution in [0, 0.1) is 0 Å². The first-order chi connectivity index (χ1) is 11.8. The van der Waals surface area contributed by atoms with Crippen LogP contribution in [0.2, 0.25) is 0 Å². The van der Waals surface area contributed by atoms with Crippen LogP contribution in [0.1, 0.15) is 40.5 Å². The van der Waals surface area contributed by atoms with E-state index in [1.165, 1.54) is 11.3 Å². The Hall–Kier alpha value is -2.38. The summed E-state index contributed by atoms with van der Waals surface area (Å²) in [6.45, 7) is 4.66. The summed E-state index contributed by atoms with van der Waals surface area (Å²) < 4.78 is 0. The van der Waals surface area contributed by atoms with E-state index in [0.717, 1.165) is 33.5 Å². The number of hydrogen-bond donors (Lipinski definition) is 3. The SMILES string of the molecule is CC(C)(O)c1cccc2[nH]c(C(=O)N3CCc4nc(N)sc4C3)cc12. The lowest BCUT2D eigenvalue weighted by molar-refractivity contribution is 0.0730. The maximum atomic E-state index is 12.9. The molecule has 1 aromatic carbocycles. The average molecular weight is 356 g/mol. The van der Waals surface area contributed by atoms with E-state index in [4.69, 9.17) is 5.73 Å². The number of amides is 1. The number of carbonyl (C=O) groups is 1. The molecule has 2 aromatic heterocycles. The van der Waals surface area contributed by atoms with Crippen LogP contribution >= 0.6 is 11.3 Å². The fraction of sp³-hybridized carbons (Fsp3) is 0.333. The molecular weight excluding hydrogens is 336 g/mol. The summed E-state index contributed by atoms with van der Waals surface area (Å²) in [6.07, 6.45) is 0.726. The van der Waals surface area contributed by atoms with Gasteiger partial charge in [-0.25, -0.2) is 4.98 Å². The number of aromatic amines is 1. The summed E-state index contributed by atoms with van der Waals surface area (Å²) in [6, 6.07) is 7.52. The fourth-order valence-corrected chi connectivity index (χ4v) is 4.26. The number of H-pyrrole nitrogens is 1. The topological polar surface area (TPSA) is 95.2 Å². The highest BCUT2D eigenvalue weighted by Gasteiger charge is 2.26. The molecule has 0 bridgehead atoms. The average Bonchev–Trinajstić information content (AvgIpc) is 3.13. The first kappa shape index (κ1) is 16.1. The van der Waals surface area contributed by atoms with Crippen molar-refractivity contribution in [3.63, 3.8) is 0 Å². The van der Waals surface area contributed by atoms with Crippen LogP contribution in [0.5, 0.6) is 0 Å². The molecule has 0 spiro atoms. The quantitative estimate of drug-likeness (QED) is 0.658. The maximum absolute atomic E-state index is 12.9. The number of rotatable bonds is 2. The summed E-state index contributed by atoms with van der Waals surface area (Å²) in [4.78, 5) is 23.3. The lowest BCUT2D eigenvalue weighted by Gasteiger charge is -2.25. The Balaban J connectivity index is 1.67. The van der Waals surface area contributed by atoms with Crippen molar-refractivity contribution in [3.8, 4) is 0 Å². The Kier molecular flexibility index (Phi) is 3.59. The van der Waals surface area contributed by atoms with Gasteiger partial charge >= 0.3 is 0 Å². The summed E-state index contributed by atoms with van der Waals surface area (Å²) >= 11 is 1.45. The van der Waals surface area contributed by atoms with Crippen LogP contribution < -0.4 is 5.73 Å². The number of benzene rings is 1. The van der Waals surface area contributed by atoms with E-state index in [1.807, 2.05) is 29.2 Å². The minimum atomic E-state index is -0.970. The van der Waals surface area contributed by atoms with Crippen LogP contribution in [0.25, 0.3) is 10.9 Å². The third-order valence-electron chi connectivity index (χ3n) is 4.59. The lowest BCUT2D eigenvalue weighted by Crippen LogP contribution is -2.35. The van der Waals surface area contributed by atoms with Crippen LogP contribution in [0.3, 0.4) is 0 Å². The van der Waals surface area contributed by atoms with Crippen molar-refractivity contribution in [3.05, 3.63) is 46.1 Å². The summed E-state index contributed by atoms with van der Waals surface area (Å²) in [5.74, 6) is -0.0458. The number of nitrogens with two attached hydrogens (primary N) is 1. The number of aliphatic hydroxyl groups is 1. The van der Waals surface area contributed by atoms with Gasteiger partial charge in [0.2, 0.25) is 0 Å². The van der Waals surface area contributed by atoms with Gasteiger partial charge in [-0.1, -0.05) is 12.1 Å². The highest BCUT2D eigenvalue weighted by molar-refractivity contribution is 7.15. The van der Waals surface area contributed by atoms with E-state index in [0.29, 0.717) is 23.9 Å². The zero-order chi connectivity index (χ0) is 17.8. The van der Waals surface area contributed by atoms with Gasteiger partial charge in [-0.3, -0.25) is 4.79 Å². The van der Waals surface area contributed by atoms with E-state index >= 15 is 0 Å². The summed E-state index contributed by atoms with van der Waals surface area (Å²) in [5.41, 5.74) is 8.00. The third-order valence-corrected chi connectivity index (χ3v) is 5.50. The highest BCUT2D eigenvalue weighted by Crippen LogP contribution is 2.31. The Morgan fingerprint density at radius 2 is 2.24 bits per heavy atom. The van der Waals surface area contributed by atoms with Gasteiger partial charge < -0.3 is 20.7 Å². The van der Waals surface area contributed by atoms with Crippen molar-refractivity contribution in [2.24, 2.45) is 0 Å². The zero-order valence-electron chi connectivity index (χ0n) is 14.2. The molecule has 1 aliphatic rings. The van der Waals surface area contributed by atoms with Gasteiger partial charge in [0.05, 0.1) is 17.8 Å². The van der Waals surface area contributed by atoms with Crippen molar-refractivity contribution < 1.29 is 9.90 Å². The predicted molar refractivity (Wildman–Crippen MR) is 98.5 cm³/mol. The Bertz CT molecular complexity index is 967.